The molecule has 0 bridgehead atoms. The highest BCUT2D eigenvalue weighted by atomic mass is 79.9. The van der Waals surface area contributed by atoms with Crippen LogP contribution in [0.15, 0.2) is 52.6 Å². The minimum absolute atomic E-state index is 0.141. The first-order chi connectivity index (χ1) is 11.4. The van der Waals surface area contributed by atoms with Crippen LogP contribution in [0.5, 0.6) is 0 Å². The number of rotatable bonds is 2. The molecule has 1 heterocycles. The molecule has 1 aliphatic rings. The lowest BCUT2D eigenvalue weighted by Crippen LogP contribution is -2.25. The van der Waals surface area contributed by atoms with Gasteiger partial charge in [0.2, 0.25) is 11.7 Å². The fourth-order valence-corrected chi connectivity index (χ4v) is 3.11. The van der Waals surface area contributed by atoms with Gasteiger partial charge < -0.3 is 4.90 Å². The summed E-state index contributed by atoms with van der Waals surface area (Å²) in [7, 11) is 3.94. The normalized spacial score (nSPS) is 14.9. The van der Waals surface area contributed by atoms with E-state index in [2.05, 4.69) is 15.9 Å². The van der Waals surface area contributed by atoms with Crippen LogP contribution in [-0.2, 0) is 4.79 Å². The third-order valence-corrected chi connectivity index (χ3v) is 4.44. The number of halogens is 1. The molecule has 0 spiro atoms. The number of hydrogen-bond acceptors (Lipinski definition) is 3. The molecule has 1 amide bonds. The summed E-state index contributed by atoms with van der Waals surface area (Å²) in [6.07, 6.45) is 1.76. The Labute approximate surface area is 149 Å². The minimum Gasteiger partial charge on any atom is -0.378 e. The topological polar surface area (TPSA) is 40.6 Å². The van der Waals surface area contributed by atoms with Crippen molar-refractivity contribution in [2.24, 2.45) is 0 Å². The van der Waals surface area contributed by atoms with Crippen LogP contribution in [0.4, 0.5) is 11.4 Å². The first-order valence-corrected chi connectivity index (χ1v) is 8.32. The summed E-state index contributed by atoms with van der Waals surface area (Å²) in [5.41, 5.74) is 3.50. The molecule has 0 saturated heterocycles. The molecule has 1 aliphatic heterocycles. The molecule has 0 saturated carbocycles. The van der Waals surface area contributed by atoms with Gasteiger partial charge in [0.05, 0.1) is 11.4 Å². The molecule has 0 aromatic heterocycles. The number of fused-ring (bicyclic) bond motifs is 1. The molecule has 0 aliphatic carbocycles. The highest BCUT2D eigenvalue weighted by molar-refractivity contribution is 9.10. The van der Waals surface area contributed by atoms with Crippen LogP contribution in [-0.4, -0.2) is 25.8 Å². The van der Waals surface area contributed by atoms with Crippen molar-refractivity contribution < 1.29 is 9.59 Å². The third kappa shape index (κ3) is 2.87. The molecule has 0 unspecified atom stereocenters. The highest BCUT2D eigenvalue weighted by Crippen LogP contribution is 2.37. The molecule has 0 radical (unpaired) electrons. The minimum atomic E-state index is -0.180. The number of anilines is 2. The fourth-order valence-electron chi connectivity index (χ4n) is 2.75. The molecular formula is C19H17BrN2O2. The standard InChI is InChI=1S/C19H17BrN2O2/c1-12(23)22-17-9-6-14(20)11-16(17)19(24)18(22)10-13-4-7-15(8-5-13)21(2)3/h4-11H,1-3H3/b18-10-. The number of carbonyl (C=O) groups excluding carboxylic acids is 2. The molecule has 3 rings (SSSR count). The van der Waals surface area contributed by atoms with Crippen molar-refractivity contribution >= 4 is 45.1 Å². The van der Waals surface area contributed by atoms with Gasteiger partial charge in [-0.1, -0.05) is 28.1 Å². The number of benzene rings is 2. The van der Waals surface area contributed by atoms with Gasteiger partial charge in [-0.15, -0.1) is 0 Å². The quantitative estimate of drug-likeness (QED) is 0.731. The fraction of sp³-hybridized carbons (Fsp3) is 0.158. The van der Waals surface area contributed by atoms with Crippen LogP contribution in [0.2, 0.25) is 0 Å². The zero-order valence-corrected chi connectivity index (χ0v) is 15.3. The number of carbonyl (C=O) groups is 2. The Morgan fingerprint density at radius 1 is 1.12 bits per heavy atom. The van der Waals surface area contributed by atoms with Crippen molar-refractivity contribution in [1.29, 1.82) is 0 Å². The van der Waals surface area contributed by atoms with Gasteiger partial charge in [0, 0.05) is 36.7 Å². The second kappa shape index (κ2) is 6.24. The Hall–Kier alpha value is -2.40. The van der Waals surface area contributed by atoms with Crippen LogP contribution in [0.1, 0.15) is 22.8 Å². The van der Waals surface area contributed by atoms with E-state index >= 15 is 0 Å². The summed E-state index contributed by atoms with van der Waals surface area (Å²) in [6, 6.07) is 13.2. The molecule has 5 heteroatoms. The lowest BCUT2D eigenvalue weighted by atomic mass is 10.1. The van der Waals surface area contributed by atoms with E-state index in [0.29, 0.717) is 16.9 Å². The molecule has 0 atom stereocenters. The number of amides is 1. The maximum Gasteiger partial charge on any atom is 0.228 e. The zero-order chi connectivity index (χ0) is 17.4. The Bertz CT molecular complexity index is 854. The van der Waals surface area contributed by atoms with Gasteiger partial charge in [-0.2, -0.15) is 0 Å². The predicted molar refractivity (Wildman–Crippen MR) is 100 cm³/mol. The Balaban J connectivity index is 2.06. The van der Waals surface area contributed by atoms with Gasteiger partial charge in [0.15, 0.2) is 0 Å². The molecular weight excluding hydrogens is 368 g/mol. The predicted octanol–water partition coefficient (Wildman–Crippen LogP) is 4.11. The maximum absolute atomic E-state index is 12.8. The summed E-state index contributed by atoms with van der Waals surface area (Å²) in [4.78, 5) is 28.3. The number of ketones is 1. The van der Waals surface area contributed by atoms with Crippen LogP contribution in [0.3, 0.4) is 0 Å². The summed E-state index contributed by atoms with van der Waals surface area (Å²) < 4.78 is 0.815. The van der Waals surface area contributed by atoms with E-state index in [1.54, 1.807) is 18.2 Å². The van der Waals surface area contributed by atoms with Gasteiger partial charge in [0.1, 0.15) is 0 Å². The van der Waals surface area contributed by atoms with Crippen molar-refractivity contribution in [1.82, 2.24) is 0 Å². The highest BCUT2D eigenvalue weighted by Gasteiger charge is 2.34. The van der Waals surface area contributed by atoms with Crippen LogP contribution in [0.25, 0.3) is 6.08 Å². The van der Waals surface area contributed by atoms with Gasteiger partial charge in [-0.05, 0) is 42.0 Å². The molecule has 24 heavy (non-hydrogen) atoms. The van der Waals surface area contributed by atoms with Crippen LogP contribution >= 0.6 is 15.9 Å². The lowest BCUT2D eigenvalue weighted by molar-refractivity contribution is -0.116. The van der Waals surface area contributed by atoms with Crippen LogP contribution in [0, 0.1) is 0 Å². The van der Waals surface area contributed by atoms with Crippen molar-refractivity contribution in [3.05, 3.63) is 63.8 Å². The number of nitrogens with zero attached hydrogens (tertiary/aromatic N) is 2. The lowest BCUT2D eigenvalue weighted by Gasteiger charge is -2.16. The van der Waals surface area contributed by atoms with E-state index in [4.69, 9.17) is 0 Å². The SMILES string of the molecule is CC(=O)N1/C(=C\c2ccc(N(C)C)cc2)C(=O)c2cc(Br)ccc21. The average molecular weight is 385 g/mol. The molecule has 0 N–H and O–H groups in total. The second-order valence-corrected chi connectivity index (χ2v) is 6.78. The van der Waals surface area contributed by atoms with E-state index in [-0.39, 0.29) is 11.7 Å². The Kier molecular flexibility index (Phi) is 4.28. The molecule has 2 aromatic rings. The summed E-state index contributed by atoms with van der Waals surface area (Å²) in [5.74, 6) is -0.321. The van der Waals surface area contributed by atoms with Crippen molar-refractivity contribution in [3.63, 3.8) is 0 Å². The summed E-state index contributed by atoms with van der Waals surface area (Å²) in [6.45, 7) is 1.47. The van der Waals surface area contributed by atoms with E-state index in [9.17, 15) is 9.59 Å². The second-order valence-electron chi connectivity index (χ2n) is 5.86. The smallest absolute Gasteiger partial charge is 0.228 e. The Morgan fingerprint density at radius 3 is 2.38 bits per heavy atom. The van der Waals surface area contributed by atoms with E-state index in [1.807, 2.05) is 49.3 Å². The summed E-state index contributed by atoms with van der Waals surface area (Å²) in [5, 5.41) is 0. The number of hydrogen-bond donors (Lipinski definition) is 0. The van der Waals surface area contributed by atoms with E-state index < -0.39 is 0 Å². The van der Waals surface area contributed by atoms with E-state index in [1.165, 1.54) is 11.8 Å². The molecule has 4 nitrogen and oxygen atoms in total. The first-order valence-electron chi connectivity index (χ1n) is 7.52. The van der Waals surface area contributed by atoms with Gasteiger partial charge in [-0.3, -0.25) is 14.5 Å². The molecule has 2 aromatic carbocycles. The Morgan fingerprint density at radius 2 is 1.79 bits per heavy atom. The van der Waals surface area contributed by atoms with Gasteiger partial charge in [0.25, 0.3) is 0 Å². The molecule has 122 valence electrons. The number of Topliss-reactive ketones (excluding diaryl/α,β-unsaturated/α-hetero) is 1. The van der Waals surface area contributed by atoms with E-state index in [0.717, 1.165) is 15.7 Å². The third-order valence-electron chi connectivity index (χ3n) is 3.95. The number of allylic oxidation sites excluding steroid dienone is 1. The maximum atomic E-state index is 12.8. The summed E-state index contributed by atoms with van der Waals surface area (Å²) >= 11 is 3.38. The van der Waals surface area contributed by atoms with Gasteiger partial charge >= 0.3 is 0 Å². The van der Waals surface area contributed by atoms with Crippen LogP contribution < -0.4 is 9.80 Å². The monoisotopic (exact) mass is 384 g/mol. The van der Waals surface area contributed by atoms with Crippen molar-refractivity contribution in [2.45, 2.75) is 6.92 Å². The average Bonchev–Trinajstić information content (AvgIpc) is 2.80. The zero-order valence-electron chi connectivity index (χ0n) is 13.7. The van der Waals surface area contributed by atoms with Crippen molar-refractivity contribution in [3.8, 4) is 0 Å². The molecule has 0 fully saturated rings. The van der Waals surface area contributed by atoms with Gasteiger partial charge in [-0.25, -0.2) is 0 Å². The van der Waals surface area contributed by atoms with Crippen molar-refractivity contribution in [2.75, 3.05) is 23.9 Å². The largest absolute Gasteiger partial charge is 0.378 e. The first kappa shape index (κ1) is 16.5.